The van der Waals surface area contributed by atoms with Crippen LogP contribution in [0.4, 0.5) is 13.2 Å². The molecule has 0 N–H and O–H groups in total. The number of halogens is 3. The van der Waals surface area contributed by atoms with Gasteiger partial charge in [-0.05, 0) is 24.1 Å². The zero-order valence-electron chi connectivity index (χ0n) is 11.5. The average Bonchev–Trinajstić information content (AvgIpc) is 2.41. The van der Waals surface area contributed by atoms with E-state index in [9.17, 15) is 18.0 Å². The van der Waals surface area contributed by atoms with E-state index in [1.165, 1.54) is 12.1 Å². The molecule has 0 aromatic heterocycles. The molecule has 0 radical (unpaired) electrons. The number of hydrogen-bond donors (Lipinski definition) is 0. The summed E-state index contributed by atoms with van der Waals surface area (Å²) in [5, 5.41) is 0. The minimum absolute atomic E-state index is 0.150. The first-order valence-corrected chi connectivity index (χ1v) is 6.59. The quantitative estimate of drug-likeness (QED) is 0.833. The summed E-state index contributed by atoms with van der Waals surface area (Å²) in [6.45, 7) is 2.63. The lowest BCUT2D eigenvalue weighted by molar-refractivity contribution is -0.153. The van der Waals surface area contributed by atoms with E-state index in [0.29, 0.717) is 6.42 Å². The van der Waals surface area contributed by atoms with Gasteiger partial charge in [-0.25, -0.2) is 0 Å². The number of carbonyl (C=O) groups is 1. The van der Waals surface area contributed by atoms with E-state index >= 15 is 0 Å². The predicted octanol–water partition coefficient (Wildman–Crippen LogP) is 4.10. The Kier molecular flexibility index (Phi) is 3.80. The van der Waals surface area contributed by atoms with E-state index in [-0.39, 0.29) is 22.9 Å². The van der Waals surface area contributed by atoms with Crippen LogP contribution in [-0.4, -0.2) is 18.6 Å². The molecule has 1 aromatic carbocycles. The number of alkyl halides is 3. The molecule has 2 rings (SSSR count). The summed E-state index contributed by atoms with van der Waals surface area (Å²) in [5.74, 6) is 0.592. The molecule has 2 atom stereocenters. The Morgan fingerprint density at radius 1 is 1.30 bits per heavy atom. The van der Waals surface area contributed by atoms with Crippen LogP contribution in [0.15, 0.2) is 24.3 Å². The Bertz CT molecular complexity index is 493. The van der Waals surface area contributed by atoms with Crippen molar-refractivity contribution in [3.63, 3.8) is 0 Å². The summed E-state index contributed by atoms with van der Waals surface area (Å²) in [6.07, 6.45) is -3.06. The molecule has 1 aromatic rings. The number of carbonyl (C=O) groups excluding carboxylic acids is 1. The van der Waals surface area contributed by atoms with E-state index in [1.807, 2.05) is 13.8 Å². The lowest BCUT2D eigenvalue weighted by atomic mass is 9.56. The molecular formula is C15H17F3O2. The highest BCUT2D eigenvalue weighted by Gasteiger charge is 2.49. The van der Waals surface area contributed by atoms with Gasteiger partial charge in [-0.15, -0.1) is 0 Å². The predicted molar refractivity (Wildman–Crippen MR) is 68.8 cm³/mol. The summed E-state index contributed by atoms with van der Waals surface area (Å²) >= 11 is 0. The molecule has 0 aliphatic heterocycles. The Morgan fingerprint density at radius 3 is 2.35 bits per heavy atom. The van der Waals surface area contributed by atoms with Crippen molar-refractivity contribution < 1.29 is 22.7 Å². The lowest BCUT2D eigenvalue weighted by Gasteiger charge is -2.45. The third-order valence-electron chi connectivity index (χ3n) is 4.22. The van der Waals surface area contributed by atoms with Crippen LogP contribution in [-0.2, 0) is 4.79 Å². The van der Waals surface area contributed by atoms with Crippen molar-refractivity contribution in [3.8, 4) is 5.75 Å². The highest BCUT2D eigenvalue weighted by atomic mass is 19.4. The van der Waals surface area contributed by atoms with E-state index in [2.05, 4.69) is 4.74 Å². The van der Waals surface area contributed by atoms with Crippen molar-refractivity contribution >= 4 is 5.78 Å². The molecule has 0 saturated heterocycles. The molecule has 0 heterocycles. The molecule has 0 bridgehead atoms. The van der Waals surface area contributed by atoms with Crippen molar-refractivity contribution in [2.45, 2.75) is 38.8 Å². The number of ether oxygens (including phenoxy) is 1. The van der Waals surface area contributed by atoms with Gasteiger partial charge in [-0.2, -0.15) is 13.2 Å². The summed E-state index contributed by atoms with van der Waals surface area (Å²) in [6, 6.07) is 6.55. The van der Waals surface area contributed by atoms with Crippen LogP contribution in [0, 0.1) is 5.41 Å². The molecule has 110 valence electrons. The van der Waals surface area contributed by atoms with Gasteiger partial charge < -0.3 is 4.74 Å². The van der Waals surface area contributed by atoms with Gasteiger partial charge in [0.2, 0.25) is 0 Å². The van der Waals surface area contributed by atoms with Crippen molar-refractivity contribution in [3.05, 3.63) is 29.8 Å². The Labute approximate surface area is 115 Å². The summed E-state index contributed by atoms with van der Waals surface area (Å²) in [7, 11) is 0. The molecular weight excluding hydrogens is 269 g/mol. The second-order valence-corrected chi connectivity index (χ2v) is 5.42. The van der Waals surface area contributed by atoms with Crippen LogP contribution in [0.1, 0.15) is 38.2 Å². The van der Waals surface area contributed by atoms with Crippen LogP contribution in [0.25, 0.3) is 0 Å². The minimum atomic E-state index is -4.33. The Balaban J connectivity index is 2.04. The Hall–Kier alpha value is -1.52. The maximum atomic E-state index is 12.0. The third kappa shape index (κ3) is 2.81. The number of ketones is 1. The van der Waals surface area contributed by atoms with Gasteiger partial charge in [0.15, 0.2) is 6.61 Å². The smallest absolute Gasteiger partial charge is 0.422 e. The number of Topliss-reactive ketones (excluding diaryl/α,β-unsaturated/α-hetero) is 1. The first-order valence-electron chi connectivity index (χ1n) is 6.59. The van der Waals surface area contributed by atoms with Crippen molar-refractivity contribution in [1.29, 1.82) is 0 Å². The molecule has 2 unspecified atom stereocenters. The summed E-state index contributed by atoms with van der Waals surface area (Å²) in [4.78, 5) is 11.7. The third-order valence-corrected chi connectivity index (χ3v) is 4.22. The minimum Gasteiger partial charge on any atom is -0.484 e. The molecule has 0 amide bonds. The highest BCUT2D eigenvalue weighted by Crippen LogP contribution is 2.51. The first-order chi connectivity index (χ1) is 9.26. The maximum absolute atomic E-state index is 12.0. The number of hydrogen-bond acceptors (Lipinski definition) is 2. The van der Waals surface area contributed by atoms with Gasteiger partial charge in [0.1, 0.15) is 11.5 Å². The molecule has 20 heavy (non-hydrogen) atoms. The van der Waals surface area contributed by atoms with Crippen LogP contribution in [0.5, 0.6) is 5.75 Å². The largest absolute Gasteiger partial charge is 0.484 e. The van der Waals surface area contributed by atoms with Crippen LogP contribution < -0.4 is 4.74 Å². The second kappa shape index (κ2) is 5.11. The van der Waals surface area contributed by atoms with Gasteiger partial charge in [-0.1, -0.05) is 26.0 Å². The Morgan fingerprint density at radius 2 is 1.90 bits per heavy atom. The molecule has 1 aliphatic rings. The first kappa shape index (κ1) is 14.9. The fourth-order valence-corrected chi connectivity index (χ4v) is 2.60. The highest BCUT2D eigenvalue weighted by molar-refractivity contribution is 5.93. The maximum Gasteiger partial charge on any atom is 0.422 e. The van der Waals surface area contributed by atoms with Crippen molar-refractivity contribution in [2.24, 2.45) is 5.41 Å². The van der Waals surface area contributed by atoms with E-state index in [1.54, 1.807) is 12.1 Å². The number of rotatable bonds is 4. The molecule has 0 spiro atoms. The second-order valence-electron chi connectivity index (χ2n) is 5.42. The van der Waals surface area contributed by atoms with Crippen LogP contribution >= 0.6 is 0 Å². The monoisotopic (exact) mass is 286 g/mol. The van der Waals surface area contributed by atoms with Gasteiger partial charge in [0.25, 0.3) is 0 Å². The van der Waals surface area contributed by atoms with Gasteiger partial charge in [-0.3, -0.25) is 4.79 Å². The molecule has 2 nitrogen and oxygen atoms in total. The standard InChI is InChI=1S/C15H17F3O2/c1-3-14(2)12(8-13(14)19)10-4-6-11(7-5-10)20-9-15(16,17)18/h4-7,12H,3,8-9H2,1-2H3. The van der Waals surface area contributed by atoms with Gasteiger partial charge in [0.05, 0.1) is 0 Å². The van der Waals surface area contributed by atoms with Crippen LogP contribution in [0.2, 0.25) is 0 Å². The SMILES string of the molecule is CCC1(C)C(=O)CC1c1ccc(OCC(F)(F)F)cc1. The normalized spacial score (nSPS) is 26.2. The molecule has 1 saturated carbocycles. The molecule has 1 aliphatic carbocycles. The van der Waals surface area contributed by atoms with E-state index in [4.69, 9.17) is 0 Å². The van der Waals surface area contributed by atoms with E-state index < -0.39 is 12.8 Å². The number of benzene rings is 1. The van der Waals surface area contributed by atoms with Gasteiger partial charge >= 0.3 is 6.18 Å². The van der Waals surface area contributed by atoms with Crippen molar-refractivity contribution in [1.82, 2.24) is 0 Å². The zero-order chi connectivity index (χ0) is 15.0. The lowest BCUT2D eigenvalue weighted by Crippen LogP contribution is -2.45. The van der Waals surface area contributed by atoms with Crippen molar-refractivity contribution in [2.75, 3.05) is 6.61 Å². The van der Waals surface area contributed by atoms with Crippen LogP contribution in [0.3, 0.4) is 0 Å². The molecule has 5 heteroatoms. The summed E-state index contributed by atoms with van der Waals surface area (Å²) in [5.41, 5.74) is 0.641. The summed E-state index contributed by atoms with van der Waals surface area (Å²) < 4.78 is 40.8. The fraction of sp³-hybridized carbons (Fsp3) is 0.533. The van der Waals surface area contributed by atoms with Gasteiger partial charge in [0, 0.05) is 17.8 Å². The molecule has 1 fully saturated rings. The zero-order valence-corrected chi connectivity index (χ0v) is 11.5. The van der Waals surface area contributed by atoms with E-state index in [0.717, 1.165) is 12.0 Å². The average molecular weight is 286 g/mol. The fourth-order valence-electron chi connectivity index (χ4n) is 2.60. The topological polar surface area (TPSA) is 26.3 Å².